The van der Waals surface area contributed by atoms with E-state index in [1.165, 1.54) is 29.2 Å². The molecule has 0 spiro atoms. The van der Waals surface area contributed by atoms with E-state index in [1.807, 2.05) is 0 Å². The molecule has 0 bridgehead atoms. The topological polar surface area (TPSA) is 37.4 Å². The zero-order valence-corrected chi connectivity index (χ0v) is 49.3. The number of ether oxygens (including phenoxy) is 3. The molecule has 8 heterocycles. The summed E-state index contributed by atoms with van der Waals surface area (Å²) in [5.74, 6) is -1.19. The molecule has 0 radical (unpaired) electrons. The zero-order chi connectivity index (χ0) is 65.5. The minimum atomic E-state index is -5.02. The second-order valence-corrected chi connectivity index (χ2v) is 25.9. The fourth-order valence-corrected chi connectivity index (χ4v) is 17.1. The quantitative estimate of drug-likeness (QED) is 0.130. The van der Waals surface area contributed by atoms with E-state index in [0.717, 1.165) is 83.3 Å². The van der Waals surface area contributed by atoms with Gasteiger partial charge in [0.1, 0.15) is 34.5 Å². The third kappa shape index (κ3) is 8.50. The fourth-order valence-electron chi connectivity index (χ4n) is 14.6. The summed E-state index contributed by atoms with van der Waals surface area (Å²) in [6.07, 6.45) is -24.7. The van der Waals surface area contributed by atoms with Crippen molar-refractivity contribution < 1.29 is 80.1 Å². The molecular formula is C69H31B3F15N3O3S2. The van der Waals surface area contributed by atoms with E-state index in [-0.39, 0.29) is 95.8 Å². The fraction of sp³-hybridized carbons (Fsp3) is 0.0725. The van der Waals surface area contributed by atoms with E-state index in [1.54, 1.807) is 113 Å². The van der Waals surface area contributed by atoms with Crippen LogP contribution in [0, 0.1) is 0 Å². The Labute approximate surface area is 535 Å². The van der Waals surface area contributed by atoms with Gasteiger partial charge >= 0.3 is 30.9 Å². The van der Waals surface area contributed by atoms with Crippen LogP contribution in [0.2, 0.25) is 0 Å². The van der Waals surface area contributed by atoms with Gasteiger partial charge in [0.05, 0.1) is 33.5 Å². The molecule has 466 valence electrons. The van der Waals surface area contributed by atoms with Gasteiger partial charge in [-0.15, -0.1) is 22.7 Å². The van der Waals surface area contributed by atoms with E-state index in [4.69, 9.17) is 14.2 Å². The number of fused-ring (bicyclic) bond motifs is 16. The highest BCUT2D eigenvalue weighted by molar-refractivity contribution is 7.34. The van der Waals surface area contributed by atoms with Gasteiger partial charge in [0.15, 0.2) is 0 Å². The Balaban J connectivity index is 0.937. The van der Waals surface area contributed by atoms with Crippen LogP contribution in [0.1, 0.15) is 27.8 Å². The summed E-state index contributed by atoms with van der Waals surface area (Å²) in [4.78, 5) is 4.68. The monoisotopic (exact) mass is 1330 g/mol. The predicted octanol–water partition coefficient (Wildman–Crippen LogP) is 16.4. The SMILES string of the molecule is FC(F)(F)c1cc2c3c(c1)Oc1cc4c(cc1B3c1cc3c(cc1O2)N(c1ccccc1)c1cc(C(F)(F)F)cc2c1B3c1sc3ccc(C(F)(F)F)cc3c1O2)B1c2sc3ccc(C(F)(F)F)cc3c2N(c2ccccc2)c2cc(C(F)(F)F)cc(c21)N4c1ccccc1. The number of thiophene rings is 2. The Hall–Kier alpha value is -9.94. The number of para-hydroxylation sites is 3. The van der Waals surface area contributed by atoms with Crippen LogP contribution in [0.5, 0.6) is 34.5 Å². The van der Waals surface area contributed by atoms with Crippen molar-refractivity contribution in [3.8, 4) is 34.5 Å². The largest absolute Gasteiger partial charge is 0.458 e. The van der Waals surface area contributed by atoms with Crippen molar-refractivity contribution in [2.75, 3.05) is 14.7 Å². The van der Waals surface area contributed by atoms with Crippen LogP contribution in [0.4, 0.5) is 117 Å². The van der Waals surface area contributed by atoms with E-state index < -0.39 is 78.8 Å². The smallest absolute Gasteiger partial charge is 0.416 e. The molecule has 0 unspecified atom stereocenters. The molecule has 12 aromatic rings. The Morgan fingerprint density at radius 2 is 0.684 bits per heavy atom. The molecule has 0 amide bonds. The van der Waals surface area contributed by atoms with Crippen LogP contribution in [0.15, 0.2) is 188 Å². The Morgan fingerprint density at radius 3 is 1.17 bits per heavy atom. The van der Waals surface area contributed by atoms with Gasteiger partial charge in [-0.3, -0.25) is 0 Å². The van der Waals surface area contributed by atoms with Gasteiger partial charge in [0.25, 0.3) is 20.1 Å². The number of nitrogens with zero attached hydrogens (tertiary/aromatic N) is 3. The number of anilines is 9. The van der Waals surface area contributed by atoms with Gasteiger partial charge in [-0.2, -0.15) is 65.9 Å². The third-order valence-electron chi connectivity index (χ3n) is 18.4. The van der Waals surface area contributed by atoms with Crippen LogP contribution in [0.3, 0.4) is 0 Å². The molecule has 0 atom stereocenters. The van der Waals surface area contributed by atoms with Gasteiger partial charge < -0.3 is 28.9 Å². The van der Waals surface area contributed by atoms with Crippen molar-refractivity contribution in [3.05, 3.63) is 216 Å². The van der Waals surface area contributed by atoms with E-state index >= 15 is 39.5 Å². The van der Waals surface area contributed by atoms with Gasteiger partial charge in [-0.1, -0.05) is 66.7 Å². The van der Waals surface area contributed by atoms with Gasteiger partial charge in [-0.05, 0) is 142 Å². The normalized spacial score (nSPS) is 14.8. The lowest BCUT2D eigenvalue weighted by atomic mass is 9.31. The Kier molecular flexibility index (Phi) is 11.8. The van der Waals surface area contributed by atoms with E-state index in [2.05, 4.69) is 0 Å². The van der Waals surface area contributed by atoms with Crippen LogP contribution < -0.4 is 76.7 Å². The predicted molar refractivity (Wildman–Crippen MR) is 340 cm³/mol. The number of halogens is 15. The summed E-state index contributed by atoms with van der Waals surface area (Å²) in [5.41, 5.74) is -2.00. The highest BCUT2D eigenvalue weighted by Crippen LogP contribution is 2.54. The number of rotatable bonds is 3. The molecule has 2 aromatic heterocycles. The molecule has 0 N–H and O–H groups in total. The second kappa shape index (κ2) is 19.4. The molecule has 6 aliphatic rings. The van der Waals surface area contributed by atoms with Gasteiger partial charge in [0.2, 0.25) is 0 Å². The molecule has 0 saturated carbocycles. The first-order valence-electron chi connectivity index (χ1n) is 29.2. The van der Waals surface area contributed by atoms with Crippen LogP contribution in [-0.2, 0) is 30.9 Å². The summed E-state index contributed by atoms with van der Waals surface area (Å²) in [5, 5.41) is 0.0597. The molecule has 0 aliphatic carbocycles. The average Bonchev–Trinajstić information content (AvgIpc) is 1.67. The lowest BCUT2D eigenvalue weighted by Gasteiger charge is -2.44. The lowest BCUT2D eigenvalue weighted by molar-refractivity contribution is -0.138. The van der Waals surface area contributed by atoms with Crippen LogP contribution >= 0.6 is 22.7 Å². The number of alkyl halides is 15. The molecule has 0 saturated heterocycles. The third-order valence-corrected chi connectivity index (χ3v) is 20.9. The molecule has 6 aliphatic heterocycles. The Morgan fingerprint density at radius 1 is 0.295 bits per heavy atom. The molecule has 10 aromatic carbocycles. The first-order valence-corrected chi connectivity index (χ1v) is 30.9. The maximum absolute atomic E-state index is 15.8. The summed E-state index contributed by atoms with van der Waals surface area (Å²) >= 11 is 2.21. The van der Waals surface area contributed by atoms with Crippen molar-refractivity contribution in [1.29, 1.82) is 0 Å². The van der Waals surface area contributed by atoms with Crippen molar-refractivity contribution >= 4 is 162 Å². The highest BCUT2D eigenvalue weighted by Gasteiger charge is 2.53. The maximum Gasteiger partial charge on any atom is 0.416 e. The van der Waals surface area contributed by atoms with E-state index in [0.29, 0.717) is 57.9 Å². The molecule has 18 rings (SSSR count). The number of hydrogen-bond acceptors (Lipinski definition) is 8. The number of hydrogen-bond donors (Lipinski definition) is 0. The maximum atomic E-state index is 15.8. The van der Waals surface area contributed by atoms with Crippen molar-refractivity contribution in [1.82, 2.24) is 0 Å². The summed E-state index contributed by atoms with van der Waals surface area (Å²) < 4.78 is 249. The first kappa shape index (κ1) is 57.7. The minimum Gasteiger partial charge on any atom is -0.458 e. The highest BCUT2D eigenvalue weighted by atomic mass is 32.1. The average molecular weight is 1330 g/mol. The van der Waals surface area contributed by atoms with Crippen LogP contribution in [-0.4, -0.2) is 20.1 Å². The molecule has 0 fully saturated rings. The molecular weight excluding hydrogens is 1300 g/mol. The van der Waals surface area contributed by atoms with Gasteiger partial charge in [-0.25, -0.2) is 0 Å². The van der Waals surface area contributed by atoms with Crippen molar-refractivity contribution in [2.45, 2.75) is 30.9 Å². The summed E-state index contributed by atoms with van der Waals surface area (Å²) in [6, 6.07) is 43.0. The first-order chi connectivity index (χ1) is 45.2. The van der Waals surface area contributed by atoms with Crippen molar-refractivity contribution in [3.63, 3.8) is 0 Å². The van der Waals surface area contributed by atoms with Crippen LogP contribution in [0.25, 0.3) is 20.2 Å². The second-order valence-electron chi connectivity index (χ2n) is 23.8. The van der Waals surface area contributed by atoms with Gasteiger partial charge in [0, 0.05) is 92.8 Å². The molecule has 26 heteroatoms. The number of benzene rings is 10. The van der Waals surface area contributed by atoms with E-state index in [9.17, 15) is 26.3 Å². The Bertz CT molecular complexity index is 5330. The molecule has 6 nitrogen and oxygen atoms in total. The lowest BCUT2D eigenvalue weighted by Crippen LogP contribution is -2.64. The standard InChI is InChI=1S/C69H31B3F15N3O3S2/c73-65(74,75)32-16-18-56-40(20-32)61-63(94-56)71-42-28-44-51(30-46(42)88(37-10-4-1-5-11-37)48-22-34(67(79,80)81)23-49(58(48)71)90(61)39-14-8-3-9-15-39)91-54-26-36(69(85,86)87)27-55-60(54)70(44)45-29-43-47(31-52(45)92-55)89(38-12-6-2-7-13-38)50-24-35(68(82,83)84)25-53-59(50)72(43)64-62(93-53)41-21-33(66(76,77)78)17-19-57(41)95-64/h1-31H. The zero-order valence-electron chi connectivity index (χ0n) is 47.7. The summed E-state index contributed by atoms with van der Waals surface area (Å²) in [7, 11) is 0. The molecule has 95 heavy (non-hydrogen) atoms. The minimum absolute atomic E-state index is 0.0109. The summed E-state index contributed by atoms with van der Waals surface area (Å²) in [6.45, 7) is -3.35. The van der Waals surface area contributed by atoms with Crippen molar-refractivity contribution in [2.24, 2.45) is 0 Å².